The third-order valence-corrected chi connectivity index (χ3v) is 4.67. The number of benzene rings is 2. The Hall–Kier alpha value is -1.80. The molecule has 0 saturated heterocycles. The molecule has 1 N–H and O–H groups in total. The maximum atomic E-state index is 12.1. The monoisotopic (exact) mass is 313 g/mol. The molecule has 1 aliphatic rings. The molecule has 0 radical (unpaired) electrons. The highest BCUT2D eigenvalue weighted by molar-refractivity contribution is 6.30. The molecular formula is C19H20ClNO. The molecule has 0 unspecified atom stereocenters. The summed E-state index contributed by atoms with van der Waals surface area (Å²) in [5.41, 5.74) is 2.66. The molecule has 0 aromatic heterocycles. The number of aryl methyl sites for hydroxylation is 1. The van der Waals surface area contributed by atoms with Crippen molar-refractivity contribution in [2.24, 2.45) is 0 Å². The van der Waals surface area contributed by atoms with E-state index in [0.29, 0.717) is 6.42 Å². The third kappa shape index (κ3) is 3.69. The Balaban J connectivity index is 1.48. The van der Waals surface area contributed by atoms with Gasteiger partial charge in [0, 0.05) is 23.4 Å². The molecular weight excluding hydrogens is 294 g/mol. The number of carbonyl (C=O) groups excluding carboxylic acids is 1. The first kappa shape index (κ1) is 15.1. The molecule has 0 bridgehead atoms. The van der Waals surface area contributed by atoms with E-state index >= 15 is 0 Å². The minimum atomic E-state index is 0.122. The molecule has 3 rings (SSSR count). The van der Waals surface area contributed by atoms with E-state index in [9.17, 15) is 4.79 Å². The smallest absolute Gasteiger partial charge is 0.220 e. The third-order valence-electron chi connectivity index (χ3n) is 4.42. The van der Waals surface area contributed by atoms with Crippen LogP contribution in [0.3, 0.4) is 0 Å². The van der Waals surface area contributed by atoms with Crippen LogP contribution < -0.4 is 5.32 Å². The van der Waals surface area contributed by atoms with Gasteiger partial charge in [-0.25, -0.2) is 0 Å². The first-order valence-electron chi connectivity index (χ1n) is 7.75. The van der Waals surface area contributed by atoms with Crippen molar-refractivity contribution in [3.05, 3.63) is 70.7 Å². The Morgan fingerprint density at radius 1 is 1.05 bits per heavy atom. The molecule has 2 aromatic rings. The number of amides is 1. The van der Waals surface area contributed by atoms with E-state index in [-0.39, 0.29) is 11.3 Å². The minimum absolute atomic E-state index is 0.122. The van der Waals surface area contributed by atoms with Gasteiger partial charge in [0.1, 0.15) is 0 Å². The van der Waals surface area contributed by atoms with Crippen molar-refractivity contribution in [2.75, 3.05) is 6.54 Å². The number of hydrogen-bond donors (Lipinski definition) is 1. The van der Waals surface area contributed by atoms with Gasteiger partial charge in [0.05, 0.1) is 0 Å². The summed E-state index contributed by atoms with van der Waals surface area (Å²) in [6.45, 7) is 0.746. The number of carbonyl (C=O) groups is 1. The summed E-state index contributed by atoms with van der Waals surface area (Å²) in [6, 6.07) is 18.2. The Kier molecular flexibility index (Phi) is 4.49. The molecule has 2 nitrogen and oxygen atoms in total. The number of nitrogens with one attached hydrogen (secondary N) is 1. The minimum Gasteiger partial charge on any atom is -0.355 e. The van der Waals surface area contributed by atoms with Gasteiger partial charge < -0.3 is 5.32 Å². The quantitative estimate of drug-likeness (QED) is 0.854. The number of rotatable bonds is 6. The Labute approximate surface area is 136 Å². The normalized spacial score (nSPS) is 15.3. The second-order valence-corrected chi connectivity index (χ2v) is 6.49. The maximum absolute atomic E-state index is 12.1. The second-order valence-electron chi connectivity index (χ2n) is 6.05. The SMILES string of the molecule is O=C(CCc1ccc(Cl)cc1)NCC1(c2ccccc2)CC1. The molecule has 3 heteroatoms. The van der Waals surface area contributed by atoms with Crippen LogP contribution in [0, 0.1) is 0 Å². The van der Waals surface area contributed by atoms with E-state index < -0.39 is 0 Å². The van der Waals surface area contributed by atoms with E-state index in [4.69, 9.17) is 11.6 Å². The van der Waals surface area contributed by atoms with Gasteiger partial charge in [-0.05, 0) is 42.5 Å². The molecule has 0 heterocycles. The average Bonchev–Trinajstić information content (AvgIpc) is 3.34. The number of hydrogen-bond acceptors (Lipinski definition) is 1. The first-order valence-corrected chi connectivity index (χ1v) is 8.12. The van der Waals surface area contributed by atoms with Gasteiger partial charge in [0.15, 0.2) is 0 Å². The van der Waals surface area contributed by atoms with Gasteiger partial charge in [0.25, 0.3) is 0 Å². The van der Waals surface area contributed by atoms with Crippen LogP contribution in [0.5, 0.6) is 0 Å². The fourth-order valence-electron chi connectivity index (χ4n) is 2.78. The molecule has 1 amide bonds. The zero-order valence-corrected chi connectivity index (χ0v) is 13.3. The molecule has 0 atom stereocenters. The number of halogens is 1. The highest BCUT2D eigenvalue weighted by Crippen LogP contribution is 2.47. The Morgan fingerprint density at radius 3 is 2.36 bits per heavy atom. The molecule has 114 valence electrons. The zero-order chi connectivity index (χ0) is 15.4. The van der Waals surface area contributed by atoms with Crippen LogP contribution >= 0.6 is 11.6 Å². The van der Waals surface area contributed by atoms with Gasteiger partial charge in [-0.1, -0.05) is 54.1 Å². The van der Waals surface area contributed by atoms with E-state index in [0.717, 1.165) is 36.4 Å². The lowest BCUT2D eigenvalue weighted by molar-refractivity contribution is -0.121. The zero-order valence-electron chi connectivity index (χ0n) is 12.5. The van der Waals surface area contributed by atoms with Crippen molar-refractivity contribution in [1.82, 2.24) is 5.32 Å². The van der Waals surface area contributed by atoms with Gasteiger partial charge in [-0.15, -0.1) is 0 Å². The average molecular weight is 314 g/mol. The van der Waals surface area contributed by atoms with Gasteiger partial charge >= 0.3 is 0 Å². The summed E-state index contributed by atoms with van der Waals surface area (Å²) in [5.74, 6) is 0.122. The van der Waals surface area contributed by atoms with Crippen molar-refractivity contribution in [2.45, 2.75) is 31.1 Å². The Bertz CT molecular complexity index is 632. The van der Waals surface area contributed by atoms with Crippen molar-refractivity contribution < 1.29 is 4.79 Å². The van der Waals surface area contributed by atoms with Crippen molar-refractivity contribution >= 4 is 17.5 Å². The van der Waals surface area contributed by atoms with Crippen molar-refractivity contribution in [3.63, 3.8) is 0 Å². The van der Waals surface area contributed by atoms with Crippen molar-refractivity contribution in [3.8, 4) is 0 Å². The largest absolute Gasteiger partial charge is 0.355 e. The van der Waals surface area contributed by atoms with E-state index in [1.165, 1.54) is 5.56 Å². The fraction of sp³-hybridized carbons (Fsp3) is 0.316. The summed E-state index contributed by atoms with van der Waals surface area (Å²) >= 11 is 5.86. The van der Waals surface area contributed by atoms with E-state index in [1.807, 2.05) is 30.3 Å². The molecule has 22 heavy (non-hydrogen) atoms. The van der Waals surface area contributed by atoms with E-state index in [1.54, 1.807) is 0 Å². The maximum Gasteiger partial charge on any atom is 0.220 e. The van der Waals surface area contributed by atoms with E-state index in [2.05, 4.69) is 29.6 Å². The molecule has 0 spiro atoms. The fourth-order valence-corrected chi connectivity index (χ4v) is 2.90. The first-order chi connectivity index (χ1) is 10.7. The summed E-state index contributed by atoms with van der Waals surface area (Å²) in [7, 11) is 0. The predicted octanol–water partition coefficient (Wildman–Crippen LogP) is 4.12. The predicted molar refractivity (Wildman–Crippen MR) is 90.1 cm³/mol. The van der Waals surface area contributed by atoms with Crippen LogP contribution in [0.15, 0.2) is 54.6 Å². The van der Waals surface area contributed by atoms with Crippen LogP contribution in [0.4, 0.5) is 0 Å². The standard InChI is InChI=1S/C19H20ClNO/c20-17-9-6-15(7-10-17)8-11-18(22)21-14-19(12-13-19)16-4-2-1-3-5-16/h1-7,9-10H,8,11-14H2,(H,21,22). The molecule has 0 aliphatic heterocycles. The topological polar surface area (TPSA) is 29.1 Å². The molecule has 1 saturated carbocycles. The van der Waals surface area contributed by atoms with Crippen molar-refractivity contribution in [1.29, 1.82) is 0 Å². The van der Waals surface area contributed by atoms with Crippen LogP contribution in [-0.2, 0) is 16.6 Å². The molecule has 1 fully saturated rings. The molecule has 1 aliphatic carbocycles. The van der Waals surface area contributed by atoms with Crippen LogP contribution in [-0.4, -0.2) is 12.5 Å². The highest BCUT2D eigenvalue weighted by Gasteiger charge is 2.44. The summed E-state index contributed by atoms with van der Waals surface area (Å²) < 4.78 is 0. The summed E-state index contributed by atoms with van der Waals surface area (Å²) in [6.07, 6.45) is 3.59. The highest BCUT2D eigenvalue weighted by atomic mass is 35.5. The Morgan fingerprint density at radius 2 is 1.73 bits per heavy atom. The van der Waals surface area contributed by atoms with Gasteiger partial charge in [-0.3, -0.25) is 4.79 Å². The van der Waals surface area contributed by atoms with Crippen LogP contribution in [0.2, 0.25) is 5.02 Å². The van der Waals surface area contributed by atoms with Crippen LogP contribution in [0.1, 0.15) is 30.4 Å². The van der Waals surface area contributed by atoms with Crippen LogP contribution in [0.25, 0.3) is 0 Å². The summed E-state index contributed by atoms with van der Waals surface area (Å²) in [5, 5.41) is 3.83. The second kappa shape index (κ2) is 6.53. The lowest BCUT2D eigenvalue weighted by atomic mass is 9.96. The lowest BCUT2D eigenvalue weighted by Gasteiger charge is -2.16. The molecule has 2 aromatic carbocycles. The lowest BCUT2D eigenvalue weighted by Crippen LogP contribution is -2.32. The summed E-state index contributed by atoms with van der Waals surface area (Å²) in [4.78, 5) is 12.1. The van der Waals surface area contributed by atoms with Gasteiger partial charge in [0.2, 0.25) is 5.91 Å². The van der Waals surface area contributed by atoms with Gasteiger partial charge in [-0.2, -0.15) is 0 Å².